The number of nitrogens with one attached hydrogen (secondary N) is 1. The van der Waals surface area contributed by atoms with E-state index in [1.807, 2.05) is 12.3 Å². The minimum atomic E-state index is 0.354. The fraction of sp³-hybridized carbons (Fsp3) is 0.565. The summed E-state index contributed by atoms with van der Waals surface area (Å²) >= 11 is 0. The first-order chi connectivity index (χ1) is 14.3. The number of rotatable bonds is 9. The van der Waals surface area contributed by atoms with Gasteiger partial charge in [-0.3, -0.25) is 9.98 Å². The highest BCUT2D eigenvalue weighted by Gasteiger charge is 2.21. The quantitative estimate of drug-likeness (QED) is 0.399. The Morgan fingerprint density at radius 1 is 1.21 bits per heavy atom. The molecule has 1 aliphatic rings. The van der Waals surface area contributed by atoms with Gasteiger partial charge in [-0.2, -0.15) is 0 Å². The molecule has 29 heavy (non-hydrogen) atoms. The number of methoxy groups -OCH3 is 1. The molecular formula is C23H34N4O2. The number of benzene rings is 1. The van der Waals surface area contributed by atoms with Gasteiger partial charge in [0.25, 0.3) is 0 Å². The number of fused-ring (bicyclic) bond motifs is 1. The summed E-state index contributed by atoms with van der Waals surface area (Å²) in [4.78, 5) is 11.8. The second kappa shape index (κ2) is 11.7. The molecule has 158 valence electrons. The van der Waals surface area contributed by atoms with Gasteiger partial charge in [-0.15, -0.1) is 0 Å². The number of piperidine rings is 1. The Morgan fingerprint density at radius 3 is 2.83 bits per heavy atom. The average Bonchev–Trinajstić information content (AvgIpc) is 2.77. The molecule has 6 heteroatoms. The molecule has 2 heterocycles. The number of hydrogen-bond acceptors (Lipinski definition) is 4. The van der Waals surface area contributed by atoms with E-state index in [4.69, 9.17) is 14.5 Å². The normalized spacial score (nSPS) is 15.8. The topological polar surface area (TPSA) is 59.0 Å². The van der Waals surface area contributed by atoms with Crippen LogP contribution in [0, 0.1) is 0 Å². The first kappa shape index (κ1) is 21.5. The van der Waals surface area contributed by atoms with Crippen LogP contribution >= 0.6 is 0 Å². The van der Waals surface area contributed by atoms with Gasteiger partial charge in [0, 0.05) is 58.1 Å². The van der Waals surface area contributed by atoms with Gasteiger partial charge >= 0.3 is 0 Å². The minimum Gasteiger partial charge on any atom is -0.385 e. The van der Waals surface area contributed by atoms with E-state index in [-0.39, 0.29) is 0 Å². The third-order valence-corrected chi connectivity index (χ3v) is 5.28. The van der Waals surface area contributed by atoms with Crippen molar-refractivity contribution in [3.8, 4) is 0 Å². The maximum absolute atomic E-state index is 5.98. The van der Waals surface area contributed by atoms with Crippen LogP contribution in [-0.4, -0.2) is 68.4 Å². The highest BCUT2D eigenvalue weighted by atomic mass is 16.5. The number of likely N-dealkylation sites (tertiary alicyclic amines) is 1. The molecule has 0 amide bonds. The maximum Gasteiger partial charge on any atom is 0.193 e. The zero-order valence-electron chi connectivity index (χ0n) is 17.8. The van der Waals surface area contributed by atoms with Gasteiger partial charge in [0.1, 0.15) is 0 Å². The van der Waals surface area contributed by atoms with Crippen molar-refractivity contribution in [2.75, 3.05) is 46.5 Å². The minimum absolute atomic E-state index is 0.354. The van der Waals surface area contributed by atoms with Crippen LogP contribution in [0.3, 0.4) is 0 Å². The number of guanidine groups is 1. The number of aliphatic imine (C=N–C) groups is 1. The van der Waals surface area contributed by atoms with Crippen molar-refractivity contribution >= 4 is 16.9 Å². The predicted octanol–water partition coefficient (Wildman–Crippen LogP) is 3.26. The molecule has 1 aliphatic heterocycles. The van der Waals surface area contributed by atoms with Crippen LogP contribution in [0.1, 0.15) is 31.7 Å². The fourth-order valence-corrected chi connectivity index (χ4v) is 3.76. The molecule has 0 unspecified atom stereocenters. The zero-order valence-corrected chi connectivity index (χ0v) is 17.8. The number of aromatic nitrogens is 1. The van der Waals surface area contributed by atoms with Crippen molar-refractivity contribution in [2.24, 2.45) is 4.99 Å². The molecule has 1 N–H and O–H groups in total. The van der Waals surface area contributed by atoms with Gasteiger partial charge < -0.3 is 19.7 Å². The van der Waals surface area contributed by atoms with Crippen LogP contribution in [0.5, 0.6) is 0 Å². The van der Waals surface area contributed by atoms with E-state index in [9.17, 15) is 0 Å². The summed E-state index contributed by atoms with van der Waals surface area (Å²) < 4.78 is 11.1. The Balaban J connectivity index is 1.52. The fourth-order valence-electron chi connectivity index (χ4n) is 3.76. The molecule has 0 radical (unpaired) electrons. The number of hydrogen-bond donors (Lipinski definition) is 1. The lowest BCUT2D eigenvalue weighted by Gasteiger charge is -2.34. The Morgan fingerprint density at radius 2 is 2.03 bits per heavy atom. The van der Waals surface area contributed by atoms with E-state index in [1.165, 1.54) is 10.9 Å². The van der Waals surface area contributed by atoms with Gasteiger partial charge in [-0.05, 0) is 44.2 Å². The molecular weight excluding hydrogens is 364 g/mol. The molecule has 1 aromatic heterocycles. The third-order valence-electron chi connectivity index (χ3n) is 5.28. The molecule has 0 saturated carbocycles. The van der Waals surface area contributed by atoms with E-state index < -0.39 is 0 Å². The molecule has 0 spiro atoms. The number of para-hydroxylation sites is 1. The summed E-state index contributed by atoms with van der Waals surface area (Å²) in [6.45, 7) is 7.27. The molecule has 1 fully saturated rings. The van der Waals surface area contributed by atoms with Gasteiger partial charge in [-0.25, -0.2) is 0 Å². The first-order valence-corrected chi connectivity index (χ1v) is 10.8. The maximum atomic E-state index is 5.98. The van der Waals surface area contributed by atoms with Crippen LogP contribution in [0.2, 0.25) is 0 Å². The lowest BCUT2D eigenvalue weighted by atomic mass is 10.1. The smallest absolute Gasteiger partial charge is 0.193 e. The summed E-state index contributed by atoms with van der Waals surface area (Å²) in [6, 6.07) is 10.5. The summed E-state index contributed by atoms with van der Waals surface area (Å²) in [5.74, 6) is 1.01. The monoisotopic (exact) mass is 398 g/mol. The highest BCUT2D eigenvalue weighted by molar-refractivity contribution is 5.82. The molecule has 0 aliphatic carbocycles. The van der Waals surface area contributed by atoms with E-state index in [1.54, 1.807) is 7.11 Å². The Kier molecular flexibility index (Phi) is 8.71. The average molecular weight is 399 g/mol. The van der Waals surface area contributed by atoms with Crippen LogP contribution < -0.4 is 5.32 Å². The van der Waals surface area contributed by atoms with Gasteiger partial charge in [0.05, 0.1) is 11.6 Å². The van der Waals surface area contributed by atoms with Crippen LogP contribution in [0.4, 0.5) is 0 Å². The molecule has 6 nitrogen and oxygen atoms in total. The summed E-state index contributed by atoms with van der Waals surface area (Å²) in [7, 11) is 1.73. The van der Waals surface area contributed by atoms with E-state index in [0.717, 1.165) is 76.6 Å². The summed E-state index contributed by atoms with van der Waals surface area (Å²) in [5, 5.41) is 4.64. The van der Waals surface area contributed by atoms with Crippen LogP contribution in [-0.2, 0) is 15.9 Å². The zero-order chi connectivity index (χ0) is 20.3. The largest absolute Gasteiger partial charge is 0.385 e. The third kappa shape index (κ3) is 6.41. The molecule has 0 bridgehead atoms. The Labute approximate surface area is 174 Å². The van der Waals surface area contributed by atoms with Crippen molar-refractivity contribution < 1.29 is 9.47 Å². The van der Waals surface area contributed by atoms with Gasteiger partial charge in [-0.1, -0.05) is 24.3 Å². The van der Waals surface area contributed by atoms with E-state index in [0.29, 0.717) is 6.10 Å². The van der Waals surface area contributed by atoms with Crippen LogP contribution in [0.15, 0.2) is 41.5 Å². The standard InChI is InChI=1S/C23H34N4O2/c1-3-24-23(27-15-11-21(12-16-27)29-18-6-17-28-2)26-14-10-20-8-4-7-19-9-5-13-25-22(19)20/h4-5,7-9,13,21H,3,6,10-12,14-18H2,1-2H3,(H,24,26). The molecule has 3 rings (SSSR count). The number of nitrogens with zero attached hydrogens (tertiary/aromatic N) is 3. The molecule has 1 saturated heterocycles. The molecule has 2 aromatic rings. The molecule has 1 aromatic carbocycles. The Bertz CT molecular complexity index is 767. The molecule has 0 atom stereocenters. The SMILES string of the molecule is CCNC(=NCCc1cccc2cccnc12)N1CCC(OCCCOC)CC1. The summed E-state index contributed by atoms with van der Waals surface area (Å²) in [6.07, 6.45) is 6.16. The van der Waals surface area contributed by atoms with Gasteiger partial charge in [0.2, 0.25) is 0 Å². The lowest BCUT2D eigenvalue weighted by molar-refractivity contribution is 0.00991. The first-order valence-electron chi connectivity index (χ1n) is 10.8. The van der Waals surface area contributed by atoms with Crippen molar-refractivity contribution in [3.63, 3.8) is 0 Å². The predicted molar refractivity (Wildman–Crippen MR) is 118 cm³/mol. The van der Waals surface area contributed by atoms with Crippen molar-refractivity contribution in [2.45, 2.75) is 38.7 Å². The van der Waals surface area contributed by atoms with Crippen molar-refractivity contribution in [1.82, 2.24) is 15.2 Å². The second-order valence-corrected chi connectivity index (χ2v) is 7.38. The summed E-state index contributed by atoms with van der Waals surface area (Å²) in [5.41, 5.74) is 2.34. The lowest BCUT2D eigenvalue weighted by Crippen LogP contribution is -2.47. The number of ether oxygens (including phenoxy) is 2. The van der Waals surface area contributed by atoms with Crippen molar-refractivity contribution in [3.05, 3.63) is 42.1 Å². The number of pyridine rings is 1. The van der Waals surface area contributed by atoms with E-state index in [2.05, 4.69) is 46.4 Å². The highest BCUT2D eigenvalue weighted by Crippen LogP contribution is 2.17. The second-order valence-electron chi connectivity index (χ2n) is 7.38. The van der Waals surface area contributed by atoms with Gasteiger partial charge in [0.15, 0.2) is 5.96 Å². The Hall–Kier alpha value is -2.18. The van der Waals surface area contributed by atoms with E-state index >= 15 is 0 Å². The van der Waals surface area contributed by atoms with Crippen LogP contribution in [0.25, 0.3) is 10.9 Å². The van der Waals surface area contributed by atoms with Crippen molar-refractivity contribution in [1.29, 1.82) is 0 Å².